The van der Waals surface area contributed by atoms with Gasteiger partial charge in [-0.2, -0.15) is 5.10 Å². The van der Waals surface area contributed by atoms with Gasteiger partial charge in [-0.25, -0.2) is 9.80 Å². The zero-order chi connectivity index (χ0) is 22.4. The van der Waals surface area contributed by atoms with E-state index in [1.807, 2.05) is 30.3 Å². The number of carboxylic acid groups (broad SMARTS) is 1. The number of benzene rings is 2. The van der Waals surface area contributed by atoms with E-state index >= 15 is 0 Å². The van der Waals surface area contributed by atoms with Gasteiger partial charge in [-0.15, -0.1) is 0 Å². The number of carboxylic acids is 1. The summed E-state index contributed by atoms with van der Waals surface area (Å²) in [7, 11) is 2.87. The molecule has 3 heterocycles. The molecule has 164 valence electrons. The van der Waals surface area contributed by atoms with Gasteiger partial charge in [-0.3, -0.25) is 0 Å². The number of furan rings is 1. The fraction of sp³-hybridized carbons (Fsp3) is 0.217. The topological polar surface area (TPSA) is 93.7 Å². The first-order valence-electron chi connectivity index (χ1n) is 9.85. The van der Waals surface area contributed by atoms with Gasteiger partial charge in [-0.05, 0) is 42.5 Å². The Bertz CT molecular complexity index is 1220. The van der Waals surface area contributed by atoms with Crippen molar-refractivity contribution in [2.45, 2.75) is 18.7 Å². The van der Waals surface area contributed by atoms with Crippen LogP contribution in [-0.4, -0.2) is 36.0 Å². The van der Waals surface area contributed by atoms with E-state index in [4.69, 9.17) is 23.7 Å². The van der Waals surface area contributed by atoms with Crippen molar-refractivity contribution in [2.75, 3.05) is 14.2 Å². The van der Waals surface area contributed by atoms with Gasteiger partial charge in [0.15, 0.2) is 11.5 Å². The number of rotatable bonds is 5. The number of hydrazone groups is 1. The third-order valence-corrected chi connectivity index (χ3v) is 6.11. The summed E-state index contributed by atoms with van der Waals surface area (Å²) < 4.78 is 23.5. The largest absolute Gasteiger partial charge is 0.493 e. The van der Waals surface area contributed by atoms with Gasteiger partial charge in [0.25, 0.3) is 0 Å². The summed E-state index contributed by atoms with van der Waals surface area (Å²) in [6.45, 7) is 0. The Morgan fingerprint density at radius 2 is 2.03 bits per heavy atom. The number of aromatic carboxylic acids is 1. The zero-order valence-electron chi connectivity index (χ0n) is 17.2. The van der Waals surface area contributed by atoms with Crippen molar-refractivity contribution in [3.8, 4) is 17.2 Å². The van der Waals surface area contributed by atoms with E-state index in [-0.39, 0.29) is 17.4 Å². The minimum absolute atomic E-state index is 0.0298. The van der Waals surface area contributed by atoms with Crippen molar-refractivity contribution < 1.29 is 28.5 Å². The van der Waals surface area contributed by atoms with Crippen LogP contribution in [0.15, 0.2) is 62.7 Å². The number of hydrogen-bond acceptors (Lipinski definition) is 7. The molecule has 0 fully saturated rings. The molecule has 2 aliphatic heterocycles. The first-order valence-corrected chi connectivity index (χ1v) is 10.6. The standard InChI is InChI=1S/C23H19BrN2O6/c1-29-19-8-6-13(20(23(27)28)21(19)30-2)22-26-16(11-15(25-26)18-4-3-9-31-18)14-10-12(24)5-7-17(14)32-22/h3-10,16,22H,11H2,1-2H3,(H,27,28)/t16-,22+/m1/s1. The molecule has 0 aliphatic carbocycles. The fourth-order valence-corrected chi connectivity index (χ4v) is 4.60. The number of halogens is 1. The van der Waals surface area contributed by atoms with Crippen LogP contribution >= 0.6 is 15.9 Å². The number of fused-ring (bicyclic) bond motifs is 3. The van der Waals surface area contributed by atoms with E-state index in [1.54, 1.807) is 23.4 Å². The Balaban J connectivity index is 1.69. The van der Waals surface area contributed by atoms with Crippen molar-refractivity contribution in [3.63, 3.8) is 0 Å². The molecule has 8 nitrogen and oxygen atoms in total. The molecule has 5 rings (SSSR count). The summed E-state index contributed by atoms with van der Waals surface area (Å²) in [4.78, 5) is 12.3. The van der Waals surface area contributed by atoms with E-state index in [0.29, 0.717) is 29.2 Å². The van der Waals surface area contributed by atoms with Crippen LogP contribution in [0.5, 0.6) is 17.2 Å². The van der Waals surface area contributed by atoms with Crippen molar-refractivity contribution >= 4 is 27.6 Å². The van der Waals surface area contributed by atoms with Crippen LogP contribution in [0.1, 0.15) is 45.9 Å². The average Bonchev–Trinajstić information content (AvgIpc) is 3.47. The molecule has 0 unspecified atom stereocenters. The third-order valence-electron chi connectivity index (χ3n) is 5.62. The second kappa shape index (κ2) is 7.90. The highest BCUT2D eigenvalue weighted by Crippen LogP contribution is 2.50. The van der Waals surface area contributed by atoms with Crippen molar-refractivity contribution in [1.29, 1.82) is 0 Å². The Labute approximate surface area is 192 Å². The lowest BCUT2D eigenvalue weighted by Crippen LogP contribution is -2.34. The van der Waals surface area contributed by atoms with Crippen LogP contribution in [0.25, 0.3) is 0 Å². The van der Waals surface area contributed by atoms with Gasteiger partial charge in [0.05, 0.1) is 26.5 Å². The van der Waals surface area contributed by atoms with Gasteiger partial charge in [0.1, 0.15) is 22.8 Å². The molecule has 0 spiro atoms. The summed E-state index contributed by atoms with van der Waals surface area (Å²) in [5.74, 6) is 0.647. The monoisotopic (exact) mass is 498 g/mol. The average molecular weight is 499 g/mol. The van der Waals surface area contributed by atoms with E-state index in [1.165, 1.54) is 14.2 Å². The SMILES string of the molecule is COc1ccc([C@@H]2Oc3ccc(Br)cc3[C@H]3CC(c4ccco4)=NN32)c(C(=O)O)c1OC. The molecular formula is C23H19BrN2O6. The molecule has 32 heavy (non-hydrogen) atoms. The minimum atomic E-state index is -1.15. The molecule has 3 aromatic rings. The molecule has 2 aromatic carbocycles. The lowest BCUT2D eigenvalue weighted by atomic mass is 9.96. The smallest absolute Gasteiger partial charge is 0.340 e. The molecule has 1 N–H and O–H groups in total. The Morgan fingerprint density at radius 1 is 1.19 bits per heavy atom. The van der Waals surface area contributed by atoms with Crippen LogP contribution in [0.3, 0.4) is 0 Å². The lowest BCUT2D eigenvalue weighted by Gasteiger charge is -2.38. The summed E-state index contributed by atoms with van der Waals surface area (Å²) in [5, 5.41) is 16.6. The molecule has 0 bridgehead atoms. The highest BCUT2D eigenvalue weighted by molar-refractivity contribution is 9.10. The predicted molar refractivity (Wildman–Crippen MR) is 118 cm³/mol. The molecule has 0 amide bonds. The maximum atomic E-state index is 12.3. The van der Waals surface area contributed by atoms with Crippen molar-refractivity contribution in [2.24, 2.45) is 5.10 Å². The van der Waals surface area contributed by atoms with Crippen LogP contribution in [-0.2, 0) is 0 Å². The quantitative estimate of drug-likeness (QED) is 0.528. The fourth-order valence-electron chi connectivity index (χ4n) is 4.22. The van der Waals surface area contributed by atoms with Crippen molar-refractivity contribution in [3.05, 3.63) is 75.7 Å². The highest BCUT2D eigenvalue weighted by Gasteiger charge is 2.43. The Kier molecular flexibility index (Phi) is 5.05. The van der Waals surface area contributed by atoms with Crippen LogP contribution in [0.2, 0.25) is 0 Å². The van der Waals surface area contributed by atoms with Crippen LogP contribution < -0.4 is 14.2 Å². The Hall–Kier alpha value is -3.46. The van der Waals surface area contributed by atoms with Gasteiger partial charge >= 0.3 is 5.97 Å². The maximum Gasteiger partial charge on any atom is 0.340 e. The van der Waals surface area contributed by atoms with Gasteiger partial charge in [-0.1, -0.05) is 15.9 Å². The second-order valence-corrected chi connectivity index (χ2v) is 8.26. The third kappa shape index (κ3) is 3.20. The van der Waals surface area contributed by atoms with Crippen LogP contribution in [0.4, 0.5) is 0 Å². The zero-order valence-corrected chi connectivity index (χ0v) is 18.8. The number of carbonyl (C=O) groups is 1. The van der Waals surface area contributed by atoms with Gasteiger partial charge in [0.2, 0.25) is 6.23 Å². The van der Waals surface area contributed by atoms with Gasteiger partial charge < -0.3 is 23.7 Å². The summed E-state index contributed by atoms with van der Waals surface area (Å²) in [6, 6.07) is 12.6. The molecule has 2 aliphatic rings. The second-order valence-electron chi connectivity index (χ2n) is 7.35. The molecular weight excluding hydrogens is 480 g/mol. The molecule has 0 saturated heterocycles. The number of hydrogen-bond donors (Lipinski definition) is 1. The van der Waals surface area contributed by atoms with E-state index in [0.717, 1.165) is 15.7 Å². The summed E-state index contributed by atoms with van der Waals surface area (Å²) in [5.41, 5.74) is 2.10. The number of methoxy groups -OCH3 is 2. The highest BCUT2D eigenvalue weighted by atomic mass is 79.9. The first kappa shape index (κ1) is 20.4. The number of nitrogens with zero attached hydrogens (tertiary/aromatic N) is 2. The molecule has 0 saturated carbocycles. The molecule has 2 atom stereocenters. The van der Waals surface area contributed by atoms with Crippen molar-refractivity contribution in [1.82, 2.24) is 5.01 Å². The summed E-state index contributed by atoms with van der Waals surface area (Å²) >= 11 is 3.53. The van der Waals surface area contributed by atoms with Crippen LogP contribution in [0, 0.1) is 0 Å². The van der Waals surface area contributed by atoms with E-state index in [9.17, 15) is 9.90 Å². The lowest BCUT2D eigenvalue weighted by molar-refractivity contribution is -0.0199. The van der Waals surface area contributed by atoms with E-state index < -0.39 is 12.2 Å². The molecule has 9 heteroatoms. The minimum Gasteiger partial charge on any atom is -0.493 e. The summed E-state index contributed by atoms with van der Waals surface area (Å²) in [6.07, 6.45) is 1.41. The maximum absolute atomic E-state index is 12.3. The first-order chi connectivity index (χ1) is 15.5. The van der Waals surface area contributed by atoms with Gasteiger partial charge in [0, 0.05) is 22.0 Å². The normalized spacial score (nSPS) is 19.0. The molecule has 0 radical (unpaired) electrons. The van der Waals surface area contributed by atoms with E-state index in [2.05, 4.69) is 15.9 Å². The molecule has 1 aromatic heterocycles. The predicted octanol–water partition coefficient (Wildman–Crippen LogP) is 5.00. The number of ether oxygens (including phenoxy) is 3. The Morgan fingerprint density at radius 3 is 2.72 bits per heavy atom.